The summed E-state index contributed by atoms with van der Waals surface area (Å²) in [4.78, 5) is 26.2. The molecule has 5 nitrogen and oxygen atoms in total. The van der Waals surface area contributed by atoms with Crippen molar-refractivity contribution in [1.82, 2.24) is 9.55 Å². The van der Waals surface area contributed by atoms with Crippen LogP contribution in [0.3, 0.4) is 0 Å². The molecule has 0 atom stereocenters. The first kappa shape index (κ1) is 14.2. The lowest BCUT2D eigenvalue weighted by Gasteiger charge is -2.08. The van der Waals surface area contributed by atoms with Gasteiger partial charge in [-0.1, -0.05) is 17.7 Å². The average Bonchev–Trinajstić information content (AvgIpc) is 2.74. The molecule has 0 fully saturated rings. The van der Waals surface area contributed by atoms with Crippen molar-refractivity contribution in [3.63, 3.8) is 0 Å². The lowest BCUT2D eigenvalue weighted by atomic mass is 10.2. The van der Waals surface area contributed by atoms with Crippen molar-refractivity contribution in [2.24, 2.45) is 0 Å². The highest BCUT2D eigenvalue weighted by Crippen LogP contribution is 2.26. The van der Waals surface area contributed by atoms with Gasteiger partial charge >= 0.3 is 11.7 Å². The van der Waals surface area contributed by atoms with E-state index >= 15 is 0 Å². The highest BCUT2D eigenvalue weighted by atomic mass is 127. The molecular formula is C14H8ClIN2O3. The first-order valence-electron chi connectivity index (χ1n) is 5.91. The molecule has 2 aromatic carbocycles. The Morgan fingerprint density at radius 2 is 2.05 bits per heavy atom. The summed E-state index contributed by atoms with van der Waals surface area (Å²) in [5, 5.41) is 9.69. The Balaban J connectivity index is 2.45. The second-order valence-corrected chi connectivity index (χ2v) is 6.02. The molecule has 106 valence electrons. The van der Waals surface area contributed by atoms with E-state index in [1.54, 1.807) is 30.3 Å². The molecule has 0 bridgehead atoms. The highest BCUT2D eigenvalue weighted by Gasteiger charge is 2.18. The van der Waals surface area contributed by atoms with Crippen molar-refractivity contribution in [3.8, 4) is 5.69 Å². The Kier molecular flexibility index (Phi) is 3.50. The minimum absolute atomic E-state index is 0.0421. The normalized spacial score (nSPS) is 11.0. The van der Waals surface area contributed by atoms with Gasteiger partial charge in [-0.2, -0.15) is 0 Å². The molecule has 3 aromatic rings. The third kappa shape index (κ3) is 2.34. The first-order valence-corrected chi connectivity index (χ1v) is 7.37. The predicted molar refractivity (Wildman–Crippen MR) is 88.6 cm³/mol. The Hall–Kier alpha value is -1.80. The monoisotopic (exact) mass is 414 g/mol. The molecule has 0 unspecified atom stereocenters. The van der Waals surface area contributed by atoms with Crippen molar-refractivity contribution < 1.29 is 9.90 Å². The third-order valence-corrected chi connectivity index (χ3v) is 4.06. The second kappa shape index (κ2) is 5.19. The molecule has 7 heteroatoms. The Morgan fingerprint density at radius 3 is 2.71 bits per heavy atom. The van der Waals surface area contributed by atoms with Gasteiger partial charge in [-0.05, 0) is 52.9 Å². The fourth-order valence-corrected chi connectivity index (χ4v) is 3.16. The number of nitrogens with one attached hydrogen (secondary N) is 1. The minimum atomic E-state index is -1.10. The van der Waals surface area contributed by atoms with E-state index in [4.69, 9.17) is 11.6 Å². The van der Waals surface area contributed by atoms with Gasteiger partial charge in [0.15, 0.2) is 0 Å². The van der Waals surface area contributed by atoms with Crippen LogP contribution in [0.1, 0.15) is 10.4 Å². The molecule has 1 heterocycles. The molecule has 2 N–H and O–H groups in total. The van der Waals surface area contributed by atoms with E-state index in [0.717, 1.165) is 3.57 Å². The highest BCUT2D eigenvalue weighted by molar-refractivity contribution is 14.1. The number of H-pyrrole nitrogens is 1. The van der Waals surface area contributed by atoms with Gasteiger partial charge < -0.3 is 10.1 Å². The van der Waals surface area contributed by atoms with E-state index in [1.165, 1.54) is 10.6 Å². The fourth-order valence-electron chi connectivity index (χ4n) is 2.22. The maximum atomic E-state index is 12.2. The molecule has 0 saturated heterocycles. The van der Waals surface area contributed by atoms with Gasteiger partial charge in [0.1, 0.15) is 0 Å². The molecule has 0 amide bonds. The number of fused-ring (bicyclic) bond motifs is 1. The number of aromatic carboxylic acids is 1. The number of rotatable bonds is 2. The van der Waals surface area contributed by atoms with Crippen LogP contribution in [0.2, 0.25) is 5.02 Å². The van der Waals surface area contributed by atoms with Crippen molar-refractivity contribution in [2.75, 3.05) is 0 Å². The molecule has 1 aromatic heterocycles. The van der Waals surface area contributed by atoms with Crippen molar-refractivity contribution in [2.45, 2.75) is 0 Å². The zero-order valence-electron chi connectivity index (χ0n) is 10.4. The van der Waals surface area contributed by atoms with Gasteiger partial charge in [0.25, 0.3) is 0 Å². The summed E-state index contributed by atoms with van der Waals surface area (Å²) in [6.45, 7) is 0. The lowest BCUT2D eigenvalue weighted by Crippen LogP contribution is -2.16. The van der Waals surface area contributed by atoms with Crippen LogP contribution in [0.5, 0.6) is 0 Å². The molecule has 0 aliphatic heterocycles. The zero-order valence-corrected chi connectivity index (χ0v) is 13.3. The molecule has 0 aliphatic rings. The minimum Gasteiger partial charge on any atom is -0.478 e. The van der Waals surface area contributed by atoms with E-state index in [-0.39, 0.29) is 5.56 Å². The summed E-state index contributed by atoms with van der Waals surface area (Å²) in [7, 11) is 0. The van der Waals surface area contributed by atoms with E-state index in [2.05, 4.69) is 27.6 Å². The topological polar surface area (TPSA) is 75.1 Å². The van der Waals surface area contributed by atoms with Crippen LogP contribution in [-0.2, 0) is 0 Å². The summed E-state index contributed by atoms with van der Waals surface area (Å²) in [6, 6.07) is 9.90. The van der Waals surface area contributed by atoms with Crippen molar-refractivity contribution in [3.05, 3.63) is 61.0 Å². The van der Waals surface area contributed by atoms with Gasteiger partial charge in [0.05, 0.1) is 27.3 Å². The lowest BCUT2D eigenvalue weighted by molar-refractivity contribution is 0.0698. The van der Waals surface area contributed by atoms with Crippen LogP contribution < -0.4 is 5.69 Å². The number of aromatic nitrogens is 2. The molecule has 3 rings (SSSR count). The predicted octanol–water partition coefficient (Wildman–Crippen LogP) is 3.28. The van der Waals surface area contributed by atoms with E-state index in [1.807, 2.05) is 0 Å². The number of halogens is 2. The number of imidazole rings is 1. The second-order valence-electron chi connectivity index (χ2n) is 4.37. The summed E-state index contributed by atoms with van der Waals surface area (Å²) < 4.78 is 2.21. The van der Waals surface area contributed by atoms with Gasteiger partial charge in [0.2, 0.25) is 0 Å². The number of hydrogen-bond donors (Lipinski definition) is 2. The Morgan fingerprint density at radius 1 is 1.29 bits per heavy atom. The summed E-state index contributed by atoms with van der Waals surface area (Å²) in [6.07, 6.45) is 0. The number of carbonyl (C=O) groups is 1. The summed E-state index contributed by atoms with van der Waals surface area (Å²) in [5.74, 6) is -1.10. The molecular weight excluding hydrogens is 407 g/mol. The molecule has 0 aliphatic carbocycles. The number of hydrogen-bond acceptors (Lipinski definition) is 2. The number of benzene rings is 2. The Labute approximate surface area is 137 Å². The standard InChI is InChI=1S/C14H8ClIN2O3/c15-9-6-7(16)4-5-11(9)18-12-8(13(19)20)2-1-3-10(12)17-14(18)21/h1-6H,(H,17,21)(H,19,20). The van der Waals surface area contributed by atoms with E-state index < -0.39 is 11.7 Å². The smallest absolute Gasteiger partial charge is 0.337 e. The van der Waals surface area contributed by atoms with Crippen LogP contribution in [-0.4, -0.2) is 20.6 Å². The number of carboxylic acids is 1. The van der Waals surface area contributed by atoms with E-state index in [0.29, 0.717) is 21.7 Å². The van der Waals surface area contributed by atoms with Crippen LogP contribution in [0.15, 0.2) is 41.2 Å². The van der Waals surface area contributed by atoms with Crippen LogP contribution in [0.25, 0.3) is 16.7 Å². The van der Waals surface area contributed by atoms with Gasteiger partial charge in [-0.3, -0.25) is 4.57 Å². The van der Waals surface area contributed by atoms with Crippen LogP contribution in [0, 0.1) is 3.57 Å². The van der Waals surface area contributed by atoms with Gasteiger partial charge in [0, 0.05) is 3.57 Å². The largest absolute Gasteiger partial charge is 0.478 e. The average molecular weight is 415 g/mol. The number of para-hydroxylation sites is 1. The number of nitrogens with zero attached hydrogens (tertiary/aromatic N) is 1. The molecule has 21 heavy (non-hydrogen) atoms. The number of carboxylic acid groups (broad SMARTS) is 1. The maximum absolute atomic E-state index is 12.2. The van der Waals surface area contributed by atoms with Crippen molar-refractivity contribution in [1.29, 1.82) is 0 Å². The molecule has 0 spiro atoms. The number of aromatic amines is 1. The summed E-state index contributed by atoms with van der Waals surface area (Å²) in [5.41, 5.74) is 0.817. The van der Waals surface area contributed by atoms with Gasteiger partial charge in [-0.25, -0.2) is 9.59 Å². The summed E-state index contributed by atoms with van der Waals surface area (Å²) >= 11 is 8.31. The van der Waals surface area contributed by atoms with Crippen LogP contribution >= 0.6 is 34.2 Å². The maximum Gasteiger partial charge on any atom is 0.337 e. The SMILES string of the molecule is O=C(O)c1cccc2[nH]c(=O)n(-c3ccc(I)cc3Cl)c12. The quantitative estimate of drug-likeness (QED) is 0.632. The van der Waals surface area contributed by atoms with Crippen molar-refractivity contribution >= 4 is 51.2 Å². The van der Waals surface area contributed by atoms with Gasteiger partial charge in [-0.15, -0.1) is 0 Å². The molecule has 0 radical (unpaired) electrons. The first-order chi connectivity index (χ1) is 9.99. The van der Waals surface area contributed by atoms with E-state index in [9.17, 15) is 14.7 Å². The fraction of sp³-hybridized carbons (Fsp3) is 0. The Bertz CT molecular complexity index is 930. The van der Waals surface area contributed by atoms with Crippen LogP contribution in [0.4, 0.5) is 0 Å². The third-order valence-electron chi connectivity index (χ3n) is 3.09. The molecule has 0 saturated carbocycles. The zero-order chi connectivity index (χ0) is 15.1.